The van der Waals surface area contributed by atoms with Crippen LogP contribution in [-0.2, 0) is 10.0 Å². The van der Waals surface area contributed by atoms with Gasteiger partial charge in [-0.25, -0.2) is 18.1 Å². The zero-order chi connectivity index (χ0) is 18.2. The quantitative estimate of drug-likeness (QED) is 0.778. The highest BCUT2D eigenvalue weighted by atomic mass is 32.2. The van der Waals surface area contributed by atoms with Crippen LogP contribution in [0.15, 0.2) is 47.5 Å². The van der Waals surface area contributed by atoms with Gasteiger partial charge in [-0.1, -0.05) is 23.8 Å². The average Bonchev–Trinajstić information content (AvgIpc) is 2.85. The maximum atomic E-state index is 12.8. The van der Waals surface area contributed by atoms with Crippen molar-refractivity contribution in [2.45, 2.75) is 32.6 Å². The van der Waals surface area contributed by atoms with Gasteiger partial charge >= 0.3 is 0 Å². The number of sulfonamides is 1. The lowest BCUT2D eigenvalue weighted by atomic mass is 10.2. The van der Waals surface area contributed by atoms with Crippen LogP contribution in [-0.4, -0.2) is 23.2 Å². The molecule has 3 aromatic rings. The molecular formula is C18H20N4O2S. The van der Waals surface area contributed by atoms with Crippen molar-refractivity contribution in [2.24, 2.45) is 0 Å². The van der Waals surface area contributed by atoms with Crippen molar-refractivity contribution in [3.8, 4) is 5.69 Å². The lowest BCUT2D eigenvalue weighted by Gasteiger charge is -2.09. The minimum atomic E-state index is -3.78. The molecule has 2 heterocycles. The molecule has 2 aromatic heterocycles. The van der Waals surface area contributed by atoms with Crippen molar-refractivity contribution in [2.75, 3.05) is 4.72 Å². The summed E-state index contributed by atoms with van der Waals surface area (Å²) in [4.78, 5) is 4.28. The molecule has 0 amide bonds. The Morgan fingerprint density at radius 3 is 2.16 bits per heavy atom. The molecule has 0 aliphatic heterocycles. The first-order valence-corrected chi connectivity index (χ1v) is 9.35. The van der Waals surface area contributed by atoms with Crippen LogP contribution in [0.25, 0.3) is 5.69 Å². The Bertz CT molecular complexity index is 1000. The molecule has 0 unspecified atom stereocenters. The van der Waals surface area contributed by atoms with Crippen molar-refractivity contribution in [1.82, 2.24) is 14.8 Å². The molecule has 0 aliphatic rings. The van der Waals surface area contributed by atoms with Gasteiger partial charge in [0, 0.05) is 6.20 Å². The van der Waals surface area contributed by atoms with E-state index in [1.165, 1.54) is 0 Å². The van der Waals surface area contributed by atoms with Gasteiger partial charge < -0.3 is 0 Å². The molecule has 0 radical (unpaired) electrons. The second-order valence-electron chi connectivity index (χ2n) is 6.07. The maximum absolute atomic E-state index is 12.8. The number of benzene rings is 1. The topological polar surface area (TPSA) is 76.9 Å². The second kappa shape index (κ2) is 6.33. The summed E-state index contributed by atoms with van der Waals surface area (Å²) in [6.07, 6.45) is 1.62. The van der Waals surface area contributed by atoms with E-state index in [1.54, 1.807) is 36.9 Å². The molecule has 0 atom stereocenters. The Labute approximate surface area is 147 Å². The summed E-state index contributed by atoms with van der Waals surface area (Å²) in [7, 11) is -3.78. The normalized spacial score (nSPS) is 11.5. The van der Waals surface area contributed by atoms with Gasteiger partial charge in [0.1, 0.15) is 10.7 Å². The largest absolute Gasteiger partial charge is 0.266 e. The third-order valence-corrected chi connectivity index (χ3v) is 5.53. The Balaban J connectivity index is 2.02. The van der Waals surface area contributed by atoms with E-state index < -0.39 is 10.0 Å². The first kappa shape index (κ1) is 17.2. The van der Waals surface area contributed by atoms with Gasteiger partial charge in [0.2, 0.25) is 0 Å². The highest BCUT2D eigenvalue weighted by Gasteiger charge is 2.25. The molecule has 0 aliphatic carbocycles. The minimum absolute atomic E-state index is 0.176. The highest BCUT2D eigenvalue weighted by Crippen LogP contribution is 2.24. The Morgan fingerprint density at radius 2 is 1.56 bits per heavy atom. The van der Waals surface area contributed by atoms with Crippen LogP contribution in [0, 0.1) is 27.7 Å². The molecule has 25 heavy (non-hydrogen) atoms. The Kier molecular flexibility index (Phi) is 4.34. The summed E-state index contributed by atoms with van der Waals surface area (Å²) in [5, 5.41) is 4.41. The van der Waals surface area contributed by atoms with E-state index in [-0.39, 0.29) is 10.7 Å². The van der Waals surface area contributed by atoms with Gasteiger partial charge in [-0.3, -0.25) is 4.72 Å². The third-order valence-electron chi connectivity index (χ3n) is 3.92. The summed E-state index contributed by atoms with van der Waals surface area (Å²) >= 11 is 0. The fourth-order valence-electron chi connectivity index (χ4n) is 2.67. The molecule has 3 rings (SSSR count). The van der Waals surface area contributed by atoms with Crippen molar-refractivity contribution in [3.63, 3.8) is 0 Å². The van der Waals surface area contributed by atoms with E-state index >= 15 is 0 Å². The molecule has 130 valence electrons. The van der Waals surface area contributed by atoms with Gasteiger partial charge in [0.25, 0.3) is 10.0 Å². The summed E-state index contributed by atoms with van der Waals surface area (Å²) < 4.78 is 29.8. The number of hydrogen-bond donors (Lipinski definition) is 1. The highest BCUT2D eigenvalue weighted by molar-refractivity contribution is 7.92. The van der Waals surface area contributed by atoms with E-state index in [0.717, 1.165) is 16.8 Å². The summed E-state index contributed by atoms with van der Waals surface area (Å²) in [5.74, 6) is 0.285. The number of rotatable bonds is 4. The Hall–Kier alpha value is -2.67. The first-order valence-electron chi connectivity index (χ1n) is 7.86. The van der Waals surface area contributed by atoms with Gasteiger partial charge in [-0.2, -0.15) is 5.10 Å². The summed E-state index contributed by atoms with van der Waals surface area (Å²) in [6, 6.07) is 11.2. The standard InChI is InChI=1S/C18H20N4O2S/c1-12-5-8-16(9-6-12)22-15(4)18(14(3)20-22)25(23,24)21-17-10-7-13(2)11-19-17/h5-11H,1-4H3,(H,19,21). The molecule has 0 saturated heterocycles. The van der Waals surface area contributed by atoms with Crippen LogP contribution in [0.3, 0.4) is 0 Å². The molecular weight excluding hydrogens is 336 g/mol. The van der Waals surface area contributed by atoms with Gasteiger partial charge in [-0.05, 0) is 51.5 Å². The SMILES string of the molecule is Cc1ccc(-n2nc(C)c(S(=O)(=O)Nc3ccc(C)cn3)c2C)cc1. The summed E-state index contributed by atoms with van der Waals surface area (Å²) in [6.45, 7) is 7.33. The lowest BCUT2D eigenvalue weighted by Crippen LogP contribution is -2.15. The van der Waals surface area contributed by atoms with Gasteiger partial charge in [0.05, 0.1) is 17.1 Å². The van der Waals surface area contributed by atoms with Crippen molar-refractivity contribution in [3.05, 3.63) is 65.1 Å². The van der Waals surface area contributed by atoms with E-state index in [0.29, 0.717) is 11.4 Å². The number of nitrogens with zero attached hydrogens (tertiary/aromatic N) is 3. The van der Waals surface area contributed by atoms with Crippen LogP contribution in [0.5, 0.6) is 0 Å². The summed E-state index contributed by atoms with van der Waals surface area (Å²) in [5.41, 5.74) is 3.91. The monoisotopic (exact) mass is 356 g/mol. The zero-order valence-electron chi connectivity index (χ0n) is 14.6. The molecule has 1 aromatic carbocycles. The predicted molar refractivity (Wildman–Crippen MR) is 97.6 cm³/mol. The van der Waals surface area contributed by atoms with Crippen LogP contribution in [0.2, 0.25) is 0 Å². The molecule has 6 nitrogen and oxygen atoms in total. The van der Waals surface area contributed by atoms with E-state index in [4.69, 9.17) is 0 Å². The first-order chi connectivity index (χ1) is 11.8. The molecule has 0 saturated carbocycles. The van der Waals surface area contributed by atoms with E-state index in [9.17, 15) is 8.42 Å². The fraction of sp³-hybridized carbons (Fsp3) is 0.222. The second-order valence-corrected chi connectivity index (χ2v) is 7.69. The fourth-order valence-corrected chi connectivity index (χ4v) is 4.07. The van der Waals surface area contributed by atoms with Crippen molar-refractivity contribution < 1.29 is 8.42 Å². The smallest absolute Gasteiger partial charge is 0.263 e. The van der Waals surface area contributed by atoms with Crippen LogP contribution in [0.4, 0.5) is 5.82 Å². The number of hydrogen-bond acceptors (Lipinski definition) is 4. The lowest BCUT2D eigenvalue weighted by molar-refractivity contribution is 0.599. The number of aryl methyl sites for hydroxylation is 3. The third kappa shape index (κ3) is 3.41. The number of aromatic nitrogens is 3. The van der Waals surface area contributed by atoms with Gasteiger partial charge in [-0.15, -0.1) is 0 Å². The maximum Gasteiger partial charge on any atom is 0.266 e. The van der Waals surface area contributed by atoms with Crippen LogP contribution < -0.4 is 4.72 Å². The van der Waals surface area contributed by atoms with Crippen LogP contribution in [0.1, 0.15) is 22.5 Å². The van der Waals surface area contributed by atoms with Crippen molar-refractivity contribution >= 4 is 15.8 Å². The molecule has 7 heteroatoms. The molecule has 0 fully saturated rings. The molecule has 0 spiro atoms. The molecule has 0 bridgehead atoms. The van der Waals surface area contributed by atoms with E-state index in [2.05, 4.69) is 14.8 Å². The predicted octanol–water partition coefficient (Wildman–Crippen LogP) is 3.30. The average molecular weight is 356 g/mol. The number of anilines is 1. The zero-order valence-corrected chi connectivity index (χ0v) is 15.4. The van der Waals surface area contributed by atoms with Crippen molar-refractivity contribution in [1.29, 1.82) is 0 Å². The Morgan fingerprint density at radius 1 is 0.920 bits per heavy atom. The van der Waals surface area contributed by atoms with Gasteiger partial charge in [0.15, 0.2) is 0 Å². The number of pyridine rings is 1. The minimum Gasteiger partial charge on any atom is -0.263 e. The van der Waals surface area contributed by atoms with Crippen LogP contribution >= 0.6 is 0 Å². The van der Waals surface area contributed by atoms with E-state index in [1.807, 2.05) is 38.1 Å². The molecule has 1 N–H and O–H groups in total. The number of nitrogens with one attached hydrogen (secondary N) is 1.